The van der Waals surface area contributed by atoms with Gasteiger partial charge in [-0.1, -0.05) is 43.7 Å². The number of benzene rings is 2. The molecular weight excluding hydrogens is 288 g/mol. The van der Waals surface area contributed by atoms with Crippen molar-refractivity contribution in [2.75, 3.05) is 0 Å². The second-order valence-corrected chi connectivity index (χ2v) is 4.59. The summed E-state index contributed by atoms with van der Waals surface area (Å²) >= 11 is 0. The van der Waals surface area contributed by atoms with Crippen LogP contribution in [0.4, 0.5) is 0 Å². The predicted molar refractivity (Wildman–Crippen MR) is 81.0 cm³/mol. The SMILES string of the molecule is CCCC(O)O.O=C(O)c1ccc2ccccc2c1C(=O)O. The summed E-state index contributed by atoms with van der Waals surface area (Å²) in [7, 11) is 0. The second kappa shape index (κ2) is 8.11. The van der Waals surface area contributed by atoms with E-state index in [1.54, 1.807) is 30.3 Å². The Balaban J connectivity index is 0.000000346. The lowest BCUT2D eigenvalue weighted by Crippen LogP contribution is -2.08. The summed E-state index contributed by atoms with van der Waals surface area (Å²) in [4.78, 5) is 22.0. The Morgan fingerprint density at radius 1 is 1.00 bits per heavy atom. The molecule has 0 fully saturated rings. The maximum atomic E-state index is 11.1. The molecule has 0 heterocycles. The molecule has 2 aromatic rings. The molecule has 6 nitrogen and oxygen atoms in total. The lowest BCUT2D eigenvalue weighted by Gasteiger charge is -2.05. The van der Waals surface area contributed by atoms with E-state index in [4.69, 9.17) is 20.4 Å². The van der Waals surface area contributed by atoms with E-state index >= 15 is 0 Å². The number of aliphatic hydroxyl groups excluding tert-OH is 1. The summed E-state index contributed by atoms with van der Waals surface area (Å²) in [6.45, 7) is 1.90. The van der Waals surface area contributed by atoms with E-state index in [9.17, 15) is 9.59 Å². The van der Waals surface area contributed by atoms with E-state index in [0.29, 0.717) is 17.2 Å². The van der Waals surface area contributed by atoms with Crippen LogP contribution in [0, 0.1) is 0 Å². The van der Waals surface area contributed by atoms with Crippen molar-refractivity contribution in [3.8, 4) is 0 Å². The van der Waals surface area contributed by atoms with E-state index in [2.05, 4.69) is 0 Å². The fraction of sp³-hybridized carbons (Fsp3) is 0.250. The predicted octanol–water partition coefficient (Wildman–Crippen LogP) is 2.33. The number of rotatable bonds is 4. The minimum atomic E-state index is -1.23. The molecule has 2 aromatic carbocycles. The highest BCUT2D eigenvalue weighted by Gasteiger charge is 2.18. The molecule has 0 radical (unpaired) electrons. The zero-order valence-electron chi connectivity index (χ0n) is 12.1. The zero-order chi connectivity index (χ0) is 16.7. The first-order chi connectivity index (χ1) is 10.4. The summed E-state index contributed by atoms with van der Waals surface area (Å²) in [5.41, 5.74) is -0.350. The normalized spacial score (nSPS) is 10.2. The number of carbonyl (C=O) groups is 2. The third-order valence-corrected chi connectivity index (χ3v) is 2.92. The first-order valence-electron chi connectivity index (χ1n) is 6.73. The van der Waals surface area contributed by atoms with E-state index in [1.807, 2.05) is 6.92 Å². The number of aliphatic hydroxyl groups is 2. The van der Waals surface area contributed by atoms with Gasteiger partial charge in [0.25, 0.3) is 0 Å². The molecule has 0 saturated heterocycles. The minimum absolute atomic E-state index is 0.161. The van der Waals surface area contributed by atoms with Crippen molar-refractivity contribution in [2.45, 2.75) is 26.1 Å². The molecule has 6 heteroatoms. The van der Waals surface area contributed by atoms with Gasteiger partial charge in [-0.05, 0) is 23.3 Å². The average molecular weight is 306 g/mol. The number of hydrogen-bond acceptors (Lipinski definition) is 4. The largest absolute Gasteiger partial charge is 0.478 e. The lowest BCUT2D eigenvalue weighted by molar-refractivity contribution is -0.0453. The number of carboxylic acid groups (broad SMARTS) is 2. The highest BCUT2D eigenvalue weighted by Crippen LogP contribution is 2.22. The summed E-state index contributed by atoms with van der Waals surface area (Å²) in [5, 5.41) is 35.3. The molecule has 4 N–H and O–H groups in total. The maximum absolute atomic E-state index is 11.1. The maximum Gasteiger partial charge on any atom is 0.337 e. The third-order valence-electron chi connectivity index (χ3n) is 2.92. The van der Waals surface area contributed by atoms with Crippen LogP contribution in [0.25, 0.3) is 10.8 Å². The van der Waals surface area contributed by atoms with Crippen LogP contribution in [0.1, 0.15) is 40.5 Å². The van der Waals surface area contributed by atoms with Crippen molar-refractivity contribution in [3.63, 3.8) is 0 Å². The third kappa shape index (κ3) is 4.54. The second-order valence-electron chi connectivity index (χ2n) is 4.59. The summed E-state index contributed by atoms with van der Waals surface area (Å²) in [6.07, 6.45) is 0.215. The first-order valence-corrected chi connectivity index (χ1v) is 6.73. The smallest absolute Gasteiger partial charge is 0.337 e. The molecule has 0 aliphatic carbocycles. The number of aromatic carboxylic acids is 2. The van der Waals surface area contributed by atoms with E-state index < -0.39 is 18.2 Å². The Morgan fingerprint density at radius 2 is 1.64 bits per heavy atom. The van der Waals surface area contributed by atoms with Gasteiger partial charge in [-0.15, -0.1) is 0 Å². The molecule has 22 heavy (non-hydrogen) atoms. The van der Waals surface area contributed by atoms with Gasteiger partial charge in [0.05, 0.1) is 11.1 Å². The standard InChI is InChI=1S/C12H8O4.C4H10O2/c13-11(14)9-6-5-7-3-1-2-4-8(7)10(9)12(15)16;1-2-3-4(5)6/h1-6H,(H,13,14)(H,15,16);4-6H,2-3H2,1H3. The van der Waals surface area contributed by atoms with Crippen molar-refractivity contribution < 1.29 is 30.0 Å². The van der Waals surface area contributed by atoms with Crippen LogP contribution in [0.15, 0.2) is 36.4 Å². The first kappa shape index (κ1) is 17.6. The fourth-order valence-corrected chi connectivity index (χ4v) is 1.94. The van der Waals surface area contributed by atoms with Crippen LogP contribution in [-0.2, 0) is 0 Å². The highest BCUT2D eigenvalue weighted by atomic mass is 16.5. The van der Waals surface area contributed by atoms with Gasteiger partial charge in [0, 0.05) is 0 Å². The Hall–Kier alpha value is -2.44. The lowest BCUT2D eigenvalue weighted by atomic mass is 9.99. The van der Waals surface area contributed by atoms with Crippen molar-refractivity contribution in [2.24, 2.45) is 0 Å². The molecule has 0 amide bonds. The van der Waals surface area contributed by atoms with Gasteiger partial charge in [0.2, 0.25) is 0 Å². The number of fused-ring (bicyclic) bond motifs is 1. The van der Waals surface area contributed by atoms with E-state index in [-0.39, 0.29) is 11.1 Å². The van der Waals surface area contributed by atoms with Gasteiger partial charge in [0.15, 0.2) is 6.29 Å². The molecule has 0 bridgehead atoms. The average Bonchev–Trinajstić information content (AvgIpc) is 2.46. The summed E-state index contributed by atoms with van der Waals surface area (Å²) in [5.74, 6) is -2.46. The van der Waals surface area contributed by atoms with E-state index in [0.717, 1.165) is 6.42 Å². The van der Waals surface area contributed by atoms with Gasteiger partial charge in [-0.3, -0.25) is 0 Å². The van der Waals surface area contributed by atoms with Crippen LogP contribution in [0.2, 0.25) is 0 Å². The van der Waals surface area contributed by atoms with Crippen LogP contribution >= 0.6 is 0 Å². The molecule has 0 saturated carbocycles. The topological polar surface area (TPSA) is 115 Å². The Labute approximate surface area is 127 Å². The summed E-state index contributed by atoms with van der Waals surface area (Å²) < 4.78 is 0. The molecule has 0 aromatic heterocycles. The van der Waals surface area contributed by atoms with Crippen LogP contribution in [0.3, 0.4) is 0 Å². The van der Waals surface area contributed by atoms with Gasteiger partial charge in [0.1, 0.15) is 0 Å². The molecule has 0 spiro atoms. The molecule has 2 rings (SSSR count). The molecular formula is C16H18O6. The van der Waals surface area contributed by atoms with Crippen molar-refractivity contribution in [1.82, 2.24) is 0 Å². The Bertz CT molecular complexity index is 663. The fourth-order valence-electron chi connectivity index (χ4n) is 1.94. The Kier molecular flexibility index (Phi) is 6.49. The van der Waals surface area contributed by atoms with Gasteiger partial charge >= 0.3 is 11.9 Å². The van der Waals surface area contributed by atoms with E-state index in [1.165, 1.54) is 6.07 Å². The van der Waals surface area contributed by atoms with Crippen molar-refractivity contribution >= 4 is 22.7 Å². The van der Waals surface area contributed by atoms with Gasteiger partial charge in [-0.25, -0.2) is 9.59 Å². The van der Waals surface area contributed by atoms with Crippen molar-refractivity contribution in [1.29, 1.82) is 0 Å². The molecule has 0 atom stereocenters. The van der Waals surface area contributed by atoms with Crippen LogP contribution < -0.4 is 0 Å². The van der Waals surface area contributed by atoms with Crippen LogP contribution in [0.5, 0.6) is 0 Å². The number of carboxylic acids is 2. The monoisotopic (exact) mass is 306 g/mol. The highest BCUT2D eigenvalue weighted by molar-refractivity contribution is 6.11. The Morgan fingerprint density at radius 3 is 2.09 bits per heavy atom. The van der Waals surface area contributed by atoms with Gasteiger partial charge in [-0.2, -0.15) is 0 Å². The molecule has 0 aliphatic rings. The quantitative estimate of drug-likeness (QED) is 0.644. The summed E-state index contributed by atoms with van der Waals surface area (Å²) in [6, 6.07) is 9.72. The zero-order valence-corrected chi connectivity index (χ0v) is 12.1. The van der Waals surface area contributed by atoms with Gasteiger partial charge < -0.3 is 20.4 Å². The molecule has 0 unspecified atom stereocenters. The number of hydrogen-bond donors (Lipinski definition) is 4. The molecule has 118 valence electrons. The van der Waals surface area contributed by atoms with Crippen LogP contribution in [-0.4, -0.2) is 38.7 Å². The molecule has 0 aliphatic heterocycles. The minimum Gasteiger partial charge on any atom is -0.478 e. The van der Waals surface area contributed by atoms with Crippen molar-refractivity contribution in [3.05, 3.63) is 47.5 Å².